The Morgan fingerprint density at radius 3 is 1.89 bits per heavy atom. The van der Waals surface area contributed by atoms with Crippen LogP contribution in [0.15, 0.2) is 61.7 Å². The number of rotatable bonds is 10. The second kappa shape index (κ2) is 14.0. The van der Waals surface area contributed by atoms with Gasteiger partial charge in [0.15, 0.2) is 0 Å². The normalized spacial score (nSPS) is 9.22. The molecule has 0 aliphatic rings. The second-order valence-electron chi connectivity index (χ2n) is 5.05. The molecular formula is C20H24O7. The van der Waals surface area contributed by atoms with Gasteiger partial charge >= 0.3 is 17.9 Å². The topological polar surface area (TPSA) is 99.1 Å². The van der Waals surface area contributed by atoms with Gasteiger partial charge in [0.2, 0.25) is 0 Å². The van der Waals surface area contributed by atoms with Crippen LogP contribution in [0, 0.1) is 0 Å². The third-order valence-electron chi connectivity index (χ3n) is 2.81. The summed E-state index contributed by atoms with van der Waals surface area (Å²) < 4.78 is 15.1. The lowest BCUT2D eigenvalue weighted by molar-refractivity contribution is -0.141. The molecule has 0 aromatic heterocycles. The van der Waals surface area contributed by atoms with Crippen molar-refractivity contribution in [2.45, 2.75) is 6.92 Å². The predicted octanol–water partition coefficient (Wildman–Crippen LogP) is 2.64. The van der Waals surface area contributed by atoms with E-state index in [-0.39, 0.29) is 26.4 Å². The van der Waals surface area contributed by atoms with Crippen LogP contribution in [0.1, 0.15) is 12.5 Å². The summed E-state index contributed by atoms with van der Waals surface area (Å²) in [6.45, 7) is 12.4. The fourth-order valence-electron chi connectivity index (χ4n) is 1.46. The maximum absolute atomic E-state index is 11.7. The molecule has 7 heteroatoms. The van der Waals surface area contributed by atoms with Crippen LogP contribution in [0.2, 0.25) is 0 Å². The zero-order chi connectivity index (χ0) is 20.7. The Kier molecular flexibility index (Phi) is 12.4. The minimum absolute atomic E-state index is 0.110. The molecule has 0 aliphatic heterocycles. The molecule has 0 spiro atoms. The average Bonchev–Trinajstić information content (AvgIpc) is 2.67. The first-order valence-electron chi connectivity index (χ1n) is 7.96. The maximum Gasteiger partial charge on any atom is 0.338 e. The predicted molar refractivity (Wildman–Crippen MR) is 101 cm³/mol. The van der Waals surface area contributed by atoms with Gasteiger partial charge in [-0.05, 0) is 12.5 Å². The van der Waals surface area contributed by atoms with Gasteiger partial charge in [0.1, 0.15) is 13.2 Å². The smallest absolute Gasteiger partial charge is 0.338 e. The van der Waals surface area contributed by atoms with Gasteiger partial charge in [-0.25, -0.2) is 14.4 Å². The summed E-state index contributed by atoms with van der Waals surface area (Å²) >= 11 is 0. The molecule has 1 aromatic carbocycles. The lowest BCUT2D eigenvalue weighted by Crippen LogP contribution is -2.15. The van der Waals surface area contributed by atoms with Crippen LogP contribution in [0.5, 0.6) is 0 Å². The molecular weight excluding hydrogens is 352 g/mol. The number of carbonyl (C=O) groups excluding carboxylic acids is 2. The first-order chi connectivity index (χ1) is 12.8. The van der Waals surface area contributed by atoms with E-state index in [0.29, 0.717) is 11.1 Å². The summed E-state index contributed by atoms with van der Waals surface area (Å²) in [5, 5.41) is 7.60. The average molecular weight is 376 g/mol. The molecule has 7 nitrogen and oxygen atoms in total. The molecule has 0 unspecified atom stereocenters. The van der Waals surface area contributed by atoms with E-state index in [2.05, 4.69) is 19.7 Å². The molecule has 0 amide bonds. The van der Waals surface area contributed by atoms with E-state index in [4.69, 9.17) is 19.3 Å². The van der Waals surface area contributed by atoms with E-state index in [9.17, 15) is 14.4 Å². The summed E-state index contributed by atoms with van der Waals surface area (Å²) in [5.74, 6) is -1.91. The largest absolute Gasteiger partial charge is 0.478 e. The monoisotopic (exact) mass is 376 g/mol. The van der Waals surface area contributed by atoms with Crippen molar-refractivity contribution < 1.29 is 33.7 Å². The van der Waals surface area contributed by atoms with E-state index in [1.54, 1.807) is 19.1 Å². The fraction of sp³-hybridized carbons (Fsp3) is 0.250. The van der Waals surface area contributed by atoms with Crippen LogP contribution < -0.4 is 0 Å². The number of benzene rings is 1. The molecule has 0 heterocycles. The highest BCUT2D eigenvalue weighted by molar-refractivity contribution is 6.15. The summed E-state index contributed by atoms with van der Waals surface area (Å²) in [7, 11) is 0. The Morgan fingerprint density at radius 2 is 1.44 bits per heavy atom. The molecule has 1 rings (SSSR count). The first-order valence-corrected chi connectivity index (χ1v) is 7.96. The molecule has 0 aliphatic carbocycles. The minimum atomic E-state index is -0.981. The molecule has 27 heavy (non-hydrogen) atoms. The number of carboxylic acid groups (broad SMARTS) is 1. The number of ether oxygens (including phenoxy) is 3. The maximum atomic E-state index is 11.7. The quantitative estimate of drug-likeness (QED) is 0.381. The van der Waals surface area contributed by atoms with E-state index in [1.165, 1.54) is 0 Å². The zero-order valence-electron chi connectivity index (χ0n) is 15.3. The van der Waals surface area contributed by atoms with Crippen LogP contribution in [0.4, 0.5) is 0 Å². The second-order valence-corrected chi connectivity index (χ2v) is 5.05. The Labute approximate surface area is 158 Å². The number of hydrogen-bond acceptors (Lipinski definition) is 6. The standard InChI is InChI=1S/C17H20O5.C3H4O2/c1-13(2)16(18)21-11-9-20-10-12-22-17(19)14(3)15-7-5-4-6-8-15;1-2-3(4)5/h4-8H,1,3,9-12H2,2H3;2H,1H2,(H,4,5). The minimum Gasteiger partial charge on any atom is -0.478 e. The SMILES string of the molecule is C=C(C)C(=O)OCCOCCOC(=O)C(=C)c1ccccc1.C=CC(=O)O. The Balaban J connectivity index is 0.00000119. The molecule has 0 fully saturated rings. The van der Waals surface area contributed by atoms with Gasteiger partial charge < -0.3 is 19.3 Å². The molecule has 0 atom stereocenters. The van der Waals surface area contributed by atoms with E-state index in [1.807, 2.05) is 18.2 Å². The van der Waals surface area contributed by atoms with Crippen LogP contribution in [-0.4, -0.2) is 49.4 Å². The van der Waals surface area contributed by atoms with Gasteiger partial charge in [-0.15, -0.1) is 0 Å². The number of aliphatic carboxylic acids is 1. The number of hydrogen-bond donors (Lipinski definition) is 1. The Hall–Kier alpha value is -3.19. The molecule has 146 valence electrons. The van der Waals surface area contributed by atoms with Gasteiger partial charge in [-0.2, -0.15) is 0 Å². The lowest BCUT2D eigenvalue weighted by atomic mass is 10.1. The third-order valence-corrected chi connectivity index (χ3v) is 2.81. The van der Waals surface area contributed by atoms with Crippen molar-refractivity contribution in [2.75, 3.05) is 26.4 Å². The molecule has 0 bridgehead atoms. The van der Waals surface area contributed by atoms with Crippen LogP contribution in [0.25, 0.3) is 5.57 Å². The molecule has 1 N–H and O–H groups in total. The summed E-state index contributed by atoms with van der Waals surface area (Å²) in [6.07, 6.45) is 0.833. The number of carboxylic acids is 1. The van der Waals surface area contributed by atoms with Gasteiger partial charge in [-0.1, -0.05) is 50.1 Å². The van der Waals surface area contributed by atoms with Crippen molar-refractivity contribution in [3.63, 3.8) is 0 Å². The summed E-state index contributed by atoms with van der Waals surface area (Å²) in [5.41, 5.74) is 1.37. The molecule has 0 radical (unpaired) electrons. The molecule has 0 saturated heterocycles. The third kappa shape index (κ3) is 11.9. The Morgan fingerprint density at radius 1 is 0.963 bits per heavy atom. The van der Waals surface area contributed by atoms with Gasteiger partial charge in [-0.3, -0.25) is 0 Å². The lowest BCUT2D eigenvalue weighted by Gasteiger charge is -2.08. The highest BCUT2D eigenvalue weighted by Crippen LogP contribution is 2.12. The summed E-state index contributed by atoms with van der Waals surface area (Å²) in [6, 6.07) is 9.08. The van der Waals surface area contributed by atoms with Crippen LogP contribution in [-0.2, 0) is 28.6 Å². The number of esters is 2. The highest BCUT2D eigenvalue weighted by Gasteiger charge is 2.10. The molecule has 1 aromatic rings. The van der Waals surface area contributed by atoms with Crippen molar-refractivity contribution in [3.8, 4) is 0 Å². The van der Waals surface area contributed by atoms with Crippen LogP contribution >= 0.6 is 0 Å². The fourth-order valence-corrected chi connectivity index (χ4v) is 1.46. The van der Waals surface area contributed by atoms with Gasteiger partial charge in [0.05, 0.1) is 18.8 Å². The van der Waals surface area contributed by atoms with Crippen molar-refractivity contribution in [1.82, 2.24) is 0 Å². The summed E-state index contributed by atoms with van der Waals surface area (Å²) in [4.78, 5) is 32.1. The first kappa shape index (κ1) is 23.8. The van der Waals surface area contributed by atoms with Crippen molar-refractivity contribution in [3.05, 3.63) is 67.3 Å². The van der Waals surface area contributed by atoms with E-state index in [0.717, 1.165) is 11.6 Å². The van der Waals surface area contributed by atoms with E-state index >= 15 is 0 Å². The van der Waals surface area contributed by atoms with Gasteiger partial charge in [0, 0.05) is 11.6 Å². The van der Waals surface area contributed by atoms with E-state index < -0.39 is 17.9 Å². The molecule has 0 saturated carbocycles. The van der Waals surface area contributed by atoms with Crippen molar-refractivity contribution in [2.24, 2.45) is 0 Å². The zero-order valence-corrected chi connectivity index (χ0v) is 15.3. The van der Waals surface area contributed by atoms with Crippen LogP contribution in [0.3, 0.4) is 0 Å². The van der Waals surface area contributed by atoms with Crippen molar-refractivity contribution >= 4 is 23.5 Å². The highest BCUT2D eigenvalue weighted by atomic mass is 16.6. The van der Waals surface area contributed by atoms with Crippen molar-refractivity contribution in [1.29, 1.82) is 0 Å². The number of carbonyl (C=O) groups is 3. The Bertz CT molecular complexity index is 662. The van der Waals surface area contributed by atoms with Gasteiger partial charge in [0.25, 0.3) is 0 Å².